The summed E-state index contributed by atoms with van der Waals surface area (Å²) in [4.78, 5) is 9.95. The van der Waals surface area contributed by atoms with Crippen LogP contribution in [0.25, 0.3) is 0 Å². The summed E-state index contributed by atoms with van der Waals surface area (Å²) in [6.07, 6.45) is 0. The van der Waals surface area contributed by atoms with Crippen molar-refractivity contribution in [1.29, 1.82) is 0 Å². The van der Waals surface area contributed by atoms with Crippen molar-refractivity contribution >= 4 is 23.4 Å². The van der Waals surface area contributed by atoms with Crippen LogP contribution in [0.1, 0.15) is 0 Å². The van der Waals surface area contributed by atoms with Gasteiger partial charge >= 0.3 is 5.97 Å². The first kappa shape index (κ1) is 8.03. The van der Waals surface area contributed by atoms with Crippen LogP contribution in [0, 0.1) is 0 Å². The second-order valence-corrected chi connectivity index (χ2v) is 1.69. The van der Waals surface area contributed by atoms with E-state index >= 15 is 0 Å². The molecule has 0 aromatic heterocycles. The molecule has 0 spiro atoms. The fourth-order valence-corrected chi connectivity index (χ4v) is 0.248. The highest BCUT2D eigenvalue weighted by Gasteiger charge is 2.17. The molecule has 0 aliphatic rings. The zero-order valence-electron chi connectivity index (χ0n) is 4.41. The molecule has 0 saturated heterocycles. The lowest BCUT2D eigenvalue weighted by atomic mass is 10.4. The van der Waals surface area contributed by atoms with E-state index in [4.69, 9.17) is 22.4 Å². The molecule has 0 heterocycles. The number of hydrogen-bond acceptors (Lipinski definition) is 3. The monoisotopic (exact) mass is 151 g/mol. The number of aliphatic carboxylic acids is 1. The number of nitrogens with zero attached hydrogens (tertiary/aromatic N) is 1. The summed E-state index contributed by atoms with van der Waals surface area (Å²) in [7, 11) is 0. The highest BCUT2D eigenvalue weighted by molar-refractivity contribution is 6.41. The molecule has 9 heavy (non-hydrogen) atoms. The Morgan fingerprint density at radius 2 is 2.22 bits per heavy atom. The van der Waals surface area contributed by atoms with Gasteiger partial charge in [0.25, 0.3) is 0 Å². The Morgan fingerprint density at radius 3 is 2.33 bits per heavy atom. The van der Waals surface area contributed by atoms with Crippen LogP contribution in [0.3, 0.4) is 0 Å². The van der Waals surface area contributed by atoms with Crippen molar-refractivity contribution in [1.82, 2.24) is 0 Å². The van der Waals surface area contributed by atoms with Crippen molar-refractivity contribution in [2.45, 2.75) is 5.38 Å². The molecule has 0 aromatic rings. The Balaban J connectivity index is 4.04. The van der Waals surface area contributed by atoms with E-state index in [0.717, 1.165) is 0 Å². The Labute approximate surface area is 56.3 Å². The van der Waals surface area contributed by atoms with Crippen LogP contribution in [0.5, 0.6) is 0 Å². The number of carbonyl (C=O) groups is 1. The summed E-state index contributed by atoms with van der Waals surface area (Å²) in [6.45, 7) is 0. The normalized spacial score (nSPS) is 15.0. The average molecular weight is 152 g/mol. The molecule has 0 bridgehead atoms. The maximum absolute atomic E-state index is 9.95. The third kappa shape index (κ3) is 2.18. The van der Waals surface area contributed by atoms with Crippen molar-refractivity contribution < 1.29 is 9.90 Å². The van der Waals surface area contributed by atoms with Gasteiger partial charge in [-0.05, 0) is 0 Å². The molecule has 1 unspecified atom stereocenters. The topological polar surface area (TPSA) is 102 Å². The lowest BCUT2D eigenvalue weighted by molar-refractivity contribution is -0.135. The molecule has 1 atom stereocenters. The van der Waals surface area contributed by atoms with Crippen LogP contribution < -0.4 is 11.6 Å². The Morgan fingerprint density at radius 1 is 1.78 bits per heavy atom. The number of hydrogen-bond donors (Lipinski definition) is 3. The van der Waals surface area contributed by atoms with Crippen molar-refractivity contribution in [3.63, 3.8) is 0 Å². The minimum Gasteiger partial charge on any atom is -0.480 e. The summed E-state index contributed by atoms with van der Waals surface area (Å²) in [5, 5.41) is 9.70. The first-order valence-electron chi connectivity index (χ1n) is 1.99. The SMILES string of the molecule is NN=C(N)C(Cl)C(=O)O. The average Bonchev–Trinajstić information content (AvgIpc) is 1.84. The lowest BCUT2D eigenvalue weighted by Crippen LogP contribution is -2.32. The summed E-state index contributed by atoms with van der Waals surface area (Å²) >= 11 is 5.13. The molecule has 0 radical (unpaired) electrons. The fraction of sp³-hybridized carbons (Fsp3) is 0.333. The molecule has 0 aliphatic heterocycles. The van der Waals surface area contributed by atoms with E-state index in [1.807, 2.05) is 0 Å². The summed E-state index contributed by atoms with van der Waals surface area (Å²) in [5.74, 6) is 3.06. The first-order valence-corrected chi connectivity index (χ1v) is 2.43. The second kappa shape index (κ2) is 3.13. The Hall–Kier alpha value is -0.970. The highest BCUT2D eigenvalue weighted by Crippen LogP contribution is 1.93. The minimum atomic E-state index is -1.32. The number of amidine groups is 1. The van der Waals surface area contributed by atoms with Crippen LogP contribution in [0.15, 0.2) is 5.10 Å². The van der Waals surface area contributed by atoms with Gasteiger partial charge in [-0.1, -0.05) is 0 Å². The van der Waals surface area contributed by atoms with Crippen molar-refractivity contribution in [2.24, 2.45) is 16.7 Å². The molecule has 0 aromatic carbocycles. The van der Waals surface area contributed by atoms with Crippen LogP contribution in [-0.2, 0) is 4.79 Å². The standard InChI is InChI=1S/C3H6ClN3O2/c4-1(3(8)9)2(5)7-6/h1H,6H2,(H2,5,7)(H,8,9). The van der Waals surface area contributed by atoms with E-state index in [1.54, 1.807) is 0 Å². The van der Waals surface area contributed by atoms with E-state index in [2.05, 4.69) is 10.9 Å². The number of nitrogens with two attached hydrogens (primary N) is 2. The number of rotatable bonds is 2. The maximum atomic E-state index is 9.95. The summed E-state index contributed by atoms with van der Waals surface area (Å²) in [5.41, 5.74) is 4.93. The van der Waals surface area contributed by atoms with E-state index in [9.17, 15) is 4.79 Å². The van der Waals surface area contributed by atoms with Gasteiger partial charge in [0.1, 0.15) is 5.84 Å². The first-order chi connectivity index (χ1) is 4.09. The van der Waals surface area contributed by atoms with Gasteiger partial charge in [-0.25, -0.2) is 0 Å². The predicted octanol–water partition coefficient (Wildman–Crippen LogP) is -1.09. The smallest absolute Gasteiger partial charge is 0.329 e. The molecule has 0 aliphatic carbocycles. The number of alkyl halides is 1. The molecule has 5 nitrogen and oxygen atoms in total. The van der Waals surface area contributed by atoms with E-state index < -0.39 is 11.3 Å². The fourth-order valence-electron chi connectivity index (χ4n) is 0.192. The van der Waals surface area contributed by atoms with E-state index in [1.165, 1.54) is 0 Å². The number of hydrazone groups is 1. The zero-order valence-corrected chi connectivity index (χ0v) is 5.17. The molecule has 6 heteroatoms. The highest BCUT2D eigenvalue weighted by atomic mass is 35.5. The molecular formula is C3H6ClN3O2. The lowest BCUT2D eigenvalue weighted by Gasteiger charge is -1.98. The van der Waals surface area contributed by atoms with Gasteiger partial charge < -0.3 is 16.7 Å². The third-order valence-electron chi connectivity index (χ3n) is 0.626. The Bertz CT molecular complexity index is 146. The molecule has 52 valence electrons. The molecule has 0 saturated carbocycles. The van der Waals surface area contributed by atoms with E-state index in [-0.39, 0.29) is 5.84 Å². The van der Waals surface area contributed by atoms with Gasteiger partial charge in [0.15, 0.2) is 5.38 Å². The Kier molecular flexibility index (Phi) is 2.80. The number of halogens is 1. The van der Waals surface area contributed by atoms with E-state index in [0.29, 0.717) is 0 Å². The molecule has 0 fully saturated rings. The van der Waals surface area contributed by atoms with Crippen molar-refractivity contribution in [3.8, 4) is 0 Å². The molecular weight excluding hydrogens is 146 g/mol. The quantitative estimate of drug-likeness (QED) is 0.153. The van der Waals surface area contributed by atoms with Crippen molar-refractivity contribution in [3.05, 3.63) is 0 Å². The number of carboxylic acid groups (broad SMARTS) is 1. The van der Waals surface area contributed by atoms with Crippen LogP contribution >= 0.6 is 11.6 Å². The van der Waals surface area contributed by atoms with Gasteiger partial charge in [0, 0.05) is 0 Å². The minimum absolute atomic E-state index is 0.302. The second-order valence-electron chi connectivity index (χ2n) is 1.25. The molecule has 0 rings (SSSR count). The van der Waals surface area contributed by atoms with Crippen molar-refractivity contribution in [2.75, 3.05) is 0 Å². The summed E-state index contributed by atoms with van der Waals surface area (Å²) < 4.78 is 0. The van der Waals surface area contributed by atoms with Gasteiger partial charge in [-0.2, -0.15) is 5.10 Å². The van der Waals surface area contributed by atoms with Gasteiger partial charge in [0.05, 0.1) is 0 Å². The van der Waals surface area contributed by atoms with Gasteiger partial charge in [-0.15, -0.1) is 11.6 Å². The maximum Gasteiger partial charge on any atom is 0.329 e. The third-order valence-corrected chi connectivity index (χ3v) is 1.04. The van der Waals surface area contributed by atoms with Crippen LogP contribution in [-0.4, -0.2) is 22.3 Å². The summed E-state index contributed by atoms with van der Waals surface area (Å²) in [6, 6.07) is 0. The van der Waals surface area contributed by atoms with Crippen LogP contribution in [0.4, 0.5) is 0 Å². The largest absolute Gasteiger partial charge is 0.480 e. The number of carboxylic acids is 1. The van der Waals surface area contributed by atoms with Gasteiger partial charge in [-0.3, -0.25) is 4.79 Å². The zero-order chi connectivity index (χ0) is 7.44. The molecule has 5 N–H and O–H groups in total. The van der Waals surface area contributed by atoms with Crippen LogP contribution in [0.2, 0.25) is 0 Å². The van der Waals surface area contributed by atoms with Gasteiger partial charge in [0.2, 0.25) is 0 Å². The molecule has 0 amide bonds. The predicted molar refractivity (Wildman–Crippen MR) is 33.1 cm³/mol.